The van der Waals surface area contributed by atoms with Gasteiger partial charge in [0.05, 0.1) is 6.61 Å². The zero-order valence-corrected chi connectivity index (χ0v) is 17.1. The molecule has 1 N–H and O–H groups in total. The maximum absolute atomic E-state index is 12.4. The number of rotatable bonds is 7. The van der Waals surface area contributed by atoms with Crippen LogP contribution < -0.4 is 9.47 Å². The molecule has 2 aromatic rings. The smallest absolute Gasteiger partial charge is 0.371 e. The normalized spacial score (nSPS) is 14.2. The number of aromatic carboxylic acids is 1. The van der Waals surface area contributed by atoms with Crippen molar-refractivity contribution in [1.29, 1.82) is 0 Å². The molecule has 162 valence electrons. The van der Waals surface area contributed by atoms with Gasteiger partial charge < -0.3 is 19.0 Å². The van der Waals surface area contributed by atoms with Crippen molar-refractivity contribution in [2.24, 2.45) is 0 Å². The highest BCUT2D eigenvalue weighted by Gasteiger charge is 2.37. The minimum absolute atomic E-state index is 0.0253. The van der Waals surface area contributed by atoms with Gasteiger partial charge in [0.25, 0.3) is 11.8 Å². The van der Waals surface area contributed by atoms with E-state index in [9.17, 15) is 19.2 Å². The third-order valence-electron chi connectivity index (χ3n) is 4.46. The number of urea groups is 1. The van der Waals surface area contributed by atoms with Gasteiger partial charge in [-0.2, -0.15) is 0 Å². The van der Waals surface area contributed by atoms with E-state index in [-0.39, 0.29) is 17.9 Å². The van der Waals surface area contributed by atoms with Gasteiger partial charge in [-0.25, -0.2) is 9.59 Å². The minimum atomic E-state index is -1.18. The van der Waals surface area contributed by atoms with Crippen molar-refractivity contribution in [3.05, 3.63) is 53.0 Å². The highest BCUT2D eigenvalue weighted by Crippen LogP contribution is 2.31. The monoisotopic (exact) mass is 428 g/mol. The summed E-state index contributed by atoms with van der Waals surface area (Å²) in [6.45, 7) is 2.09. The predicted molar refractivity (Wildman–Crippen MR) is 107 cm³/mol. The lowest BCUT2D eigenvalue weighted by Crippen LogP contribution is -2.52. The first-order chi connectivity index (χ1) is 14.7. The third-order valence-corrected chi connectivity index (χ3v) is 4.46. The van der Waals surface area contributed by atoms with Gasteiger partial charge in [0.2, 0.25) is 5.76 Å². The number of carboxylic acid groups (broad SMARTS) is 1. The Hall–Kier alpha value is -4.08. The fourth-order valence-corrected chi connectivity index (χ4v) is 2.86. The lowest BCUT2D eigenvalue weighted by atomic mass is 10.1. The molecule has 4 amide bonds. The summed E-state index contributed by atoms with van der Waals surface area (Å²) in [5, 5.41) is 8.91. The van der Waals surface area contributed by atoms with E-state index in [2.05, 4.69) is 0 Å². The Morgan fingerprint density at radius 2 is 1.71 bits per heavy atom. The van der Waals surface area contributed by atoms with Crippen LogP contribution in [0.1, 0.15) is 28.8 Å². The maximum Gasteiger partial charge on any atom is 0.371 e. The van der Waals surface area contributed by atoms with Crippen LogP contribution >= 0.6 is 0 Å². The zero-order chi connectivity index (χ0) is 22.7. The van der Waals surface area contributed by atoms with E-state index in [0.29, 0.717) is 29.4 Å². The standard InChI is InChI=1S/C21H20N2O8/c1-4-29-17-10-12(9-14-18(24)22(2)21(28)23(3)19(14)25)5-7-15(17)30-11-13-6-8-16(31-13)20(26)27/h5-10H,4,11H2,1-3H3,(H,26,27). The molecule has 1 aliphatic rings. The largest absolute Gasteiger partial charge is 0.490 e. The van der Waals surface area contributed by atoms with Crippen molar-refractivity contribution in [3.63, 3.8) is 0 Å². The number of hydrogen-bond donors (Lipinski definition) is 1. The zero-order valence-electron chi connectivity index (χ0n) is 17.1. The summed E-state index contributed by atoms with van der Waals surface area (Å²) < 4.78 is 16.4. The van der Waals surface area contributed by atoms with Crippen LogP contribution in [0.2, 0.25) is 0 Å². The van der Waals surface area contributed by atoms with E-state index in [4.69, 9.17) is 19.0 Å². The number of carbonyl (C=O) groups is 4. The van der Waals surface area contributed by atoms with Crippen LogP contribution in [0.25, 0.3) is 6.08 Å². The molecular formula is C21H20N2O8. The van der Waals surface area contributed by atoms with Gasteiger partial charge in [-0.15, -0.1) is 0 Å². The highest BCUT2D eigenvalue weighted by molar-refractivity contribution is 6.30. The molecule has 1 fully saturated rings. The summed E-state index contributed by atoms with van der Waals surface area (Å²) in [6.07, 6.45) is 1.38. The summed E-state index contributed by atoms with van der Waals surface area (Å²) in [4.78, 5) is 49.2. The van der Waals surface area contributed by atoms with E-state index in [1.165, 1.54) is 32.3 Å². The molecule has 10 heteroatoms. The Balaban J connectivity index is 1.84. The molecule has 0 atom stereocenters. The molecule has 0 bridgehead atoms. The molecule has 0 spiro atoms. The van der Waals surface area contributed by atoms with Gasteiger partial charge in [-0.1, -0.05) is 6.07 Å². The number of amides is 4. The van der Waals surface area contributed by atoms with Crippen LogP contribution in [-0.2, 0) is 16.2 Å². The molecule has 31 heavy (non-hydrogen) atoms. The van der Waals surface area contributed by atoms with Crippen molar-refractivity contribution in [1.82, 2.24) is 9.80 Å². The summed E-state index contributed by atoms with van der Waals surface area (Å²) >= 11 is 0. The van der Waals surface area contributed by atoms with E-state index in [0.717, 1.165) is 9.80 Å². The van der Waals surface area contributed by atoms with E-state index >= 15 is 0 Å². The van der Waals surface area contributed by atoms with Crippen LogP contribution in [0, 0.1) is 0 Å². The molecule has 3 rings (SSSR count). The summed E-state index contributed by atoms with van der Waals surface area (Å²) in [5.74, 6) is -1.72. The summed E-state index contributed by atoms with van der Waals surface area (Å²) in [6, 6.07) is 6.93. The predicted octanol–water partition coefficient (Wildman–Crippen LogP) is 2.39. The van der Waals surface area contributed by atoms with Gasteiger partial charge in [-0.05, 0) is 42.8 Å². The number of barbiturate groups is 1. The Morgan fingerprint density at radius 1 is 1.03 bits per heavy atom. The molecule has 0 unspecified atom stereocenters. The van der Waals surface area contributed by atoms with Crippen molar-refractivity contribution in [3.8, 4) is 11.5 Å². The number of nitrogens with zero attached hydrogens (tertiary/aromatic N) is 2. The SMILES string of the molecule is CCOc1cc(C=C2C(=O)N(C)C(=O)N(C)C2=O)ccc1OCc1ccc(C(=O)O)o1. The molecule has 1 aromatic carbocycles. The molecule has 1 aliphatic heterocycles. The van der Waals surface area contributed by atoms with Gasteiger partial charge in [-0.3, -0.25) is 19.4 Å². The van der Waals surface area contributed by atoms with Gasteiger partial charge in [0.1, 0.15) is 17.9 Å². The van der Waals surface area contributed by atoms with Crippen LogP contribution in [-0.4, -0.2) is 59.4 Å². The topological polar surface area (TPSA) is 127 Å². The fraction of sp³-hybridized carbons (Fsp3) is 0.238. The second-order valence-electron chi connectivity index (χ2n) is 6.57. The van der Waals surface area contributed by atoms with Gasteiger partial charge in [0.15, 0.2) is 11.5 Å². The van der Waals surface area contributed by atoms with Crippen LogP contribution in [0.4, 0.5) is 4.79 Å². The molecule has 2 heterocycles. The Morgan fingerprint density at radius 3 is 2.29 bits per heavy atom. The fourth-order valence-electron chi connectivity index (χ4n) is 2.86. The second-order valence-corrected chi connectivity index (χ2v) is 6.57. The number of benzene rings is 1. The second kappa shape index (κ2) is 8.74. The summed E-state index contributed by atoms with van der Waals surface area (Å²) in [7, 11) is 2.60. The Bertz CT molecular complexity index is 1060. The molecular weight excluding hydrogens is 408 g/mol. The van der Waals surface area contributed by atoms with Crippen LogP contribution in [0.3, 0.4) is 0 Å². The molecule has 10 nitrogen and oxygen atoms in total. The number of carboxylic acids is 1. The quantitative estimate of drug-likeness (QED) is 0.526. The van der Waals surface area contributed by atoms with E-state index in [1.54, 1.807) is 25.1 Å². The molecule has 0 radical (unpaired) electrons. The van der Waals surface area contributed by atoms with Crippen molar-refractivity contribution < 1.29 is 38.2 Å². The number of carbonyl (C=O) groups excluding carboxylic acids is 3. The lowest BCUT2D eigenvalue weighted by Gasteiger charge is -2.28. The molecule has 0 saturated carbocycles. The van der Waals surface area contributed by atoms with Crippen molar-refractivity contribution >= 4 is 29.9 Å². The number of hydrogen-bond acceptors (Lipinski definition) is 7. The minimum Gasteiger partial charge on any atom is -0.490 e. The number of ether oxygens (including phenoxy) is 2. The Labute approximate surface area is 177 Å². The third kappa shape index (κ3) is 4.42. The van der Waals surface area contributed by atoms with E-state index < -0.39 is 23.8 Å². The molecule has 1 saturated heterocycles. The first-order valence-electron chi connectivity index (χ1n) is 9.26. The summed E-state index contributed by atoms with van der Waals surface area (Å²) in [5.41, 5.74) is 0.340. The molecule has 0 aliphatic carbocycles. The first-order valence-corrected chi connectivity index (χ1v) is 9.26. The lowest BCUT2D eigenvalue weighted by molar-refractivity contribution is -0.134. The molecule has 1 aromatic heterocycles. The highest BCUT2D eigenvalue weighted by atomic mass is 16.5. The maximum atomic E-state index is 12.4. The van der Waals surface area contributed by atoms with Crippen molar-refractivity contribution in [2.75, 3.05) is 20.7 Å². The average Bonchev–Trinajstić information content (AvgIpc) is 3.23. The first kappa shape index (κ1) is 21.6. The van der Waals surface area contributed by atoms with Gasteiger partial charge in [0, 0.05) is 14.1 Å². The number of imide groups is 2. The number of furan rings is 1. The van der Waals surface area contributed by atoms with E-state index in [1.807, 2.05) is 0 Å². The van der Waals surface area contributed by atoms with Crippen LogP contribution in [0.15, 0.2) is 40.3 Å². The van der Waals surface area contributed by atoms with Gasteiger partial charge >= 0.3 is 12.0 Å². The van der Waals surface area contributed by atoms with Crippen LogP contribution in [0.5, 0.6) is 11.5 Å². The Kier molecular flexibility index (Phi) is 6.10. The average molecular weight is 428 g/mol. The van der Waals surface area contributed by atoms with Crippen molar-refractivity contribution in [2.45, 2.75) is 13.5 Å². The number of likely N-dealkylation sites (N-methyl/N-ethyl adjacent to an activating group) is 2.